The molecule has 0 atom stereocenters. The van der Waals surface area contributed by atoms with Crippen molar-refractivity contribution in [3.8, 4) is 0 Å². The SMILES string of the molecule is O=C(N/N=C\c1cccs1)C(=O)Nc1ccccc1Br. The summed E-state index contributed by atoms with van der Waals surface area (Å²) in [5, 5.41) is 8.09. The van der Waals surface area contributed by atoms with Crippen molar-refractivity contribution in [3.05, 3.63) is 51.1 Å². The normalized spacial score (nSPS) is 10.4. The lowest BCUT2D eigenvalue weighted by Crippen LogP contribution is -2.32. The molecule has 2 amide bonds. The van der Waals surface area contributed by atoms with Crippen LogP contribution in [0.2, 0.25) is 0 Å². The lowest BCUT2D eigenvalue weighted by molar-refractivity contribution is -0.136. The van der Waals surface area contributed by atoms with Crippen molar-refractivity contribution >= 4 is 51.0 Å². The molecule has 0 radical (unpaired) electrons. The number of amides is 2. The van der Waals surface area contributed by atoms with Gasteiger partial charge in [-0.1, -0.05) is 18.2 Å². The summed E-state index contributed by atoms with van der Waals surface area (Å²) in [7, 11) is 0. The number of halogens is 1. The first-order valence-electron chi connectivity index (χ1n) is 5.59. The molecule has 5 nitrogen and oxygen atoms in total. The molecule has 1 aromatic heterocycles. The molecule has 7 heteroatoms. The summed E-state index contributed by atoms with van der Waals surface area (Å²) in [5.74, 6) is -1.60. The molecule has 0 aliphatic carbocycles. The molecular weight excluding hydrogens is 342 g/mol. The molecule has 0 aliphatic heterocycles. The quantitative estimate of drug-likeness (QED) is 0.506. The third kappa shape index (κ3) is 4.01. The van der Waals surface area contributed by atoms with Crippen LogP contribution in [-0.2, 0) is 9.59 Å². The van der Waals surface area contributed by atoms with Crippen LogP contribution >= 0.6 is 27.3 Å². The number of hydrogen-bond donors (Lipinski definition) is 2. The van der Waals surface area contributed by atoms with Gasteiger partial charge in [-0.15, -0.1) is 11.3 Å². The van der Waals surface area contributed by atoms with E-state index in [0.717, 1.165) is 4.88 Å². The molecule has 2 aromatic rings. The molecular formula is C13H10BrN3O2S. The monoisotopic (exact) mass is 351 g/mol. The zero-order chi connectivity index (χ0) is 14.4. The second kappa shape index (κ2) is 6.97. The second-order valence-corrected chi connectivity index (χ2v) is 5.48. The number of para-hydroxylation sites is 1. The lowest BCUT2D eigenvalue weighted by atomic mass is 10.3. The van der Waals surface area contributed by atoms with Gasteiger partial charge in [0.15, 0.2) is 0 Å². The maximum absolute atomic E-state index is 11.6. The predicted octanol–water partition coefficient (Wildman–Crippen LogP) is 2.60. The summed E-state index contributed by atoms with van der Waals surface area (Å²) in [6.07, 6.45) is 1.48. The number of carbonyl (C=O) groups is 2. The predicted molar refractivity (Wildman–Crippen MR) is 82.8 cm³/mol. The number of rotatable bonds is 3. The van der Waals surface area contributed by atoms with E-state index < -0.39 is 11.8 Å². The molecule has 2 N–H and O–H groups in total. The van der Waals surface area contributed by atoms with Crippen molar-refractivity contribution in [2.75, 3.05) is 5.32 Å². The first kappa shape index (κ1) is 14.4. The van der Waals surface area contributed by atoms with Crippen LogP contribution in [0.25, 0.3) is 0 Å². The van der Waals surface area contributed by atoms with Gasteiger partial charge in [-0.2, -0.15) is 5.10 Å². The minimum atomic E-state index is -0.825. The van der Waals surface area contributed by atoms with Gasteiger partial charge in [0.2, 0.25) is 0 Å². The molecule has 0 unspecified atom stereocenters. The Bertz CT molecular complexity index is 641. The zero-order valence-corrected chi connectivity index (χ0v) is 12.6. The molecule has 2 rings (SSSR count). The summed E-state index contributed by atoms with van der Waals surface area (Å²) in [5.41, 5.74) is 2.69. The van der Waals surface area contributed by atoms with E-state index >= 15 is 0 Å². The Morgan fingerprint density at radius 3 is 2.65 bits per heavy atom. The maximum atomic E-state index is 11.6. The summed E-state index contributed by atoms with van der Waals surface area (Å²) in [6.45, 7) is 0. The molecule has 0 saturated carbocycles. The standard InChI is InChI=1S/C13H10BrN3O2S/c14-10-5-1-2-6-11(10)16-12(18)13(19)17-15-8-9-4-3-7-20-9/h1-8H,(H,16,18)(H,17,19)/b15-8-. The van der Waals surface area contributed by atoms with Gasteiger partial charge >= 0.3 is 11.8 Å². The number of hydrazone groups is 1. The van der Waals surface area contributed by atoms with Gasteiger partial charge in [0.25, 0.3) is 0 Å². The number of benzene rings is 1. The van der Waals surface area contributed by atoms with Crippen LogP contribution in [-0.4, -0.2) is 18.0 Å². The van der Waals surface area contributed by atoms with Crippen LogP contribution in [0.3, 0.4) is 0 Å². The summed E-state index contributed by atoms with van der Waals surface area (Å²) < 4.78 is 0.697. The van der Waals surface area contributed by atoms with Crippen molar-refractivity contribution < 1.29 is 9.59 Å². The maximum Gasteiger partial charge on any atom is 0.329 e. The average Bonchev–Trinajstić information content (AvgIpc) is 2.94. The van der Waals surface area contributed by atoms with Crippen LogP contribution in [0.4, 0.5) is 5.69 Å². The summed E-state index contributed by atoms with van der Waals surface area (Å²) in [4.78, 5) is 24.1. The zero-order valence-electron chi connectivity index (χ0n) is 10.2. The van der Waals surface area contributed by atoms with Crippen molar-refractivity contribution in [1.82, 2.24) is 5.43 Å². The molecule has 1 heterocycles. The van der Waals surface area contributed by atoms with Gasteiger partial charge in [0.1, 0.15) is 0 Å². The Morgan fingerprint density at radius 1 is 1.15 bits per heavy atom. The number of nitrogens with one attached hydrogen (secondary N) is 2. The smallest absolute Gasteiger partial charge is 0.317 e. The van der Waals surface area contributed by atoms with E-state index in [4.69, 9.17) is 0 Å². The van der Waals surface area contributed by atoms with E-state index in [1.54, 1.807) is 18.2 Å². The molecule has 0 fully saturated rings. The number of hydrogen-bond acceptors (Lipinski definition) is 4. The minimum Gasteiger partial charge on any atom is -0.317 e. The Morgan fingerprint density at radius 2 is 1.95 bits per heavy atom. The summed E-state index contributed by atoms with van der Waals surface area (Å²) >= 11 is 4.76. The van der Waals surface area contributed by atoms with Crippen LogP contribution < -0.4 is 10.7 Å². The van der Waals surface area contributed by atoms with Crippen LogP contribution in [0.1, 0.15) is 4.88 Å². The van der Waals surface area contributed by atoms with Crippen molar-refractivity contribution in [1.29, 1.82) is 0 Å². The second-order valence-electron chi connectivity index (χ2n) is 3.65. The van der Waals surface area contributed by atoms with E-state index in [1.165, 1.54) is 17.6 Å². The fourth-order valence-electron chi connectivity index (χ4n) is 1.31. The highest BCUT2D eigenvalue weighted by molar-refractivity contribution is 9.10. The molecule has 1 aromatic carbocycles. The van der Waals surface area contributed by atoms with E-state index in [0.29, 0.717) is 10.2 Å². The lowest BCUT2D eigenvalue weighted by Gasteiger charge is -2.05. The number of anilines is 1. The number of thiophene rings is 1. The van der Waals surface area contributed by atoms with E-state index in [9.17, 15) is 9.59 Å². The van der Waals surface area contributed by atoms with Crippen LogP contribution in [0.5, 0.6) is 0 Å². The number of nitrogens with zero attached hydrogens (tertiary/aromatic N) is 1. The van der Waals surface area contributed by atoms with Gasteiger partial charge in [-0.3, -0.25) is 9.59 Å². The van der Waals surface area contributed by atoms with Gasteiger partial charge in [0.05, 0.1) is 11.9 Å². The number of carbonyl (C=O) groups excluding carboxylic acids is 2. The van der Waals surface area contributed by atoms with Crippen LogP contribution in [0, 0.1) is 0 Å². The van der Waals surface area contributed by atoms with Crippen molar-refractivity contribution in [2.45, 2.75) is 0 Å². The molecule has 20 heavy (non-hydrogen) atoms. The van der Waals surface area contributed by atoms with Gasteiger partial charge in [0, 0.05) is 9.35 Å². The van der Waals surface area contributed by atoms with Crippen molar-refractivity contribution in [3.63, 3.8) is 0 Å². The third-order valence-corrected chi connectivity index (χ3v) is 3.73. The fraction of sp³-hybridized carbons (Fsp3) is 0. The van der Waals surface area contributed by atoms with Gasteiger partial charge in [-0.05, 0) is 39.5 Å². The molecule has 102 valence electrons. The van der Waals surface area contributed by atoms with E-state index in [1.807, 2.05) is 23.6 Å². The average molecular weight is 352 g/mol. The first-order chi connectivity index (χ1) is 9.66. The highest BCUT2D eigenvalue weighted by Crippen LogP contribution is 2.20. The van der Waals surface area contributed by atoms with Gasteiger partial charge in [-0.25, -0.2) is 5.43 Å². The molecule has 0 bridgehead atoms. The Labute approximate surface area is 127 Å². The Hall–Kier alpha value is -1.99. The van der Waals surface area contributed by atoms with Gasteiger partial charge < -0.3 is 5.32 Å². The summed E-state index contributed by atoms with van der Waals surface area (Å²) in [6, 6.07) is 10.7. The largest absolute Gasteiger partial charge is 0.329 e. The fourth-order valence-corrected chi connectivity index (χ4v) is 2.28. The van der Waals surface area contributed by atoms with E-state index in [-0.39, 0.29) is 0 Å². The molecule has 0 aliphatic rings. The Balaban J connectivity index is 1.89. The van der Waals surface area contributed by atoms with Crippen LogP contribution in [0.15, 0.2) is 51.4 Å². The molecule has 0 spiro atoms. The van der Waals surface area contributed by atoms with E-state index in [2.05, 4.69) is 31.8 Å². The third-order valence-electron chi connectivity index (χ3n) is 2.23. The molecule has 0 saturated heterocycles. The topological polar surface area (TPSA) is 70.6 Å². The highest BCUT2D eigenvalue weighted by Gasteiger charge is 2.13. The highest BCUT2D eigenvalue weighted by atomic mass is 79.9. The van der Waals surface area contributed by atoms with Crippen molar-refractivity contribution in [2.24, 2.45) is 5.10 Å². The minimum absolute atomic E-state index is 0.523. The Kier molecular flexibility index (Phi) is 5.03. The first-order valence-corrected chi connectivity index (χ1v) is 7.26.